The first-order valence-corrected chi connectivity index (χ1v) is 21.1. The Balaban J connectivity index is 0.713. The Morgan fingerprint density at radius 3 is 2.46 bits per heavy atom. The normalized spacial score (nSPS) is 27.6. The van der Waals surface area contributed by atoms with Crippen LogP contribution in [0.15, 0.2) is 42.9 Å². The number of piperazine rings is 1. The summed E-state index contributed by atoms with van der Waals surface area (Å²) in [4.78, 5) is 76.2. The van der Waals surface area contributed by atoms with E-state index in [4.69, 9.17) is 9.72 Å². The van der Waals surface area contributed by atoms with E-state index in [9.17, 15) is 32.8 Å². The van der Waals surface area contributed by atoms with Gasteiger partial charge in [-0.25, -0.2) is 28.1 Å². The van der Waals surface area contributed by atoms with Crippen LogP contribution >= 0.6 is 0 Å². The van der Waals surface area contributed by atoms with E-state index in [-0.39, 0.29) is 59.6 Å². The lowest BCUT2D eigenvalue weighted by atomic mass is 9.83. The number of ether oxygens (including phenoxy) is 1. The Morgan fingerprint density at radius 1 is 0.918 bits per heavy atom. The molecule has 12 rings (SSSR count). The van der Waals surface area contributed by atoms with Crippen LogP contribution in [0.1, 0.15) is 101 Å². The van der Waals surface area contributed by atoms with Crippen molar-refractivity contribution in [3.63, 3.8) is 0 Å². The van der Waals surface area contributed by atoms with Crippen LogP contribution in [0, 0.1) is 5.92 Å². The molecule has 1 aromatic carbocycles. The van der Waals surface area contributed by atoms with Gasteiger partial charge in [-0.3, -0.25) is 34.1 Å². The zero-order valence-electron chi connectivity index (χ0n) is 33.2. The number of carbonyl (C=O) groups is 5. The Bertz CT molecular complexity index is 2480. The summed E-state index contributed by atoms with van der Waals surface area (Å²) in [7, 11) is 0. The van der Waals surface area contributed by atoms with E-state index < -0.39 is 41.8 Å². The number of hydrogen-bond donors (Lipinski definition) is 2. The number of amides is 6. The van der Waals surface area contributed by atoms with Crippen LogP contribution in [-0.2, 0) is 9.53 Å². The Hall–Kier alpha value is -6.02. The third-order valence-corrected chi connectivity index (χ3v) is 13.8. The predicted molar refractivity (Wildman–Crippen MR) is 212 cm³/mol. The molecule has 6 saturated heterocycles. The topological polar surface area (TPSA) is 183 Å². The molecule has 318 valence electrons. The molecule has 6 amide bonds. The summed E-state index contributed by atoms with van der Waals surface area (Å²) in [5.74, 6) is -1.05. The van der Waals surface area contributed by atoms with Crippen LogP contribution in [0.2, 0.25) is 0 Å². The SMILES string of the molecule is O=C1CCN(N2C(=O)c3ccc(N4C[C@H]5CC[C@@H]4CN5CC4CCC(n5cc(NC(=O)c6cnn7ccc(N8C[C@H]9C[C@@H]8CO9)nc67)c(C(F)F)n5)CC4)cc3C2=O)C(=O)N1. The highest BCUT2D eigenvalue weighted by Gasteiger charge is 2.45. The fourth-order valence-electron chi connectivity index (χ4n) is 10.6. The molecule has 4 bridgehead atoms. The minimum Gasteiger partial charge on any atom is -0.374 e. The van der Waals surface area contributed by atoms with E-state index >= 15 is 0 Å². The van der Waals surface area contributed by atoms with Gasteiger partial charge in [-0.15, -0.1) is 0 Å². The third-order valence-electron chi connectivity index (χ3n) is 13.8. The van der Waals surface area contributed by atoms with E-state index in [1.54, 1.807) is 23.0 Å². The van der Waals surface area contributed by atoms with Crippen molar-refractivity contribution < 1.29 is 37.5 Å². The van der Waals surface area contributed by atoms with Gasteiger partial charge >= 0.3 is 6.03 Å². The molecule has 2 N–H and O–H groups in total. The maximum Gasteiger partial charge on any atom is 0.343 e. The van der Waals surface area contributed by atoms with Crippen LogP contribution < -0.4 is 20.4 Å². The maximum absolute atomic E-state index is 14.4. The lowest BCUT2D eigenvalue weighted by Gasteiger charge is -2.53. The number of nitrogens with one attached hydrogen (secondary N) is 2. The van der Waals surface area contributed by atoms with Gasteiger partial charge in [-0.2, -0.15) is 15.2 Å². The molecule has 7 aliphatic heterocycles. The van der Waals surface area contributed by atoms with Crippen LogP contribution in [0.5, 0.6) is 0 Å². The fourth-order valence-corrected chi connectivity index (χ4v) is 10.6. The summed E-state index contributed by atoms with van der Waals surface area (Å²) >= 11 is 0. The lowest BCUT2D eigenvalue weighted by molar-refractivity contribution is -0.122. The minimum atomic E-state index is -2.88. The second-order valence-corrected chi connectivity index (χ2v) is 17.3. The van der Waals surface area contributed by atoms with Crippen LogP contribution in [-0.4, -0.2) is 133 Å². The van der Waals surface area contributed by atoms with Gasteiger partial charge in [-0.1, -0.05) is 0 Å². The van der Waals surface area contributed by atoms with Gasteiger partial charge in [0.15, 0.2) is 11.3 Å². The molecule has 10 heterocycles. The van der Waals surface area contributed by atoms with Gasteiger partial charge < -0.3 is 19.9 Å². The molecule has 0 unspecified atom stereocenters. The number of alkyl halides is 2. The number of piperidine rings is 2. The first-order valence-electron chi connectivity index (χ1n) is 21.1. The zero-order valence-corrected chi connectivity index (χ0v) is 33.2. The third kappa shape index (κ3) is 6.48. The van der Waals surface area contributed by atoms with E-state index in [1.165, 1.54) is 16.9 Å². The Morgan fingerprint density at radius 2 is 1.72 bits per heavy atom. The first-order chi connectivity index (χ1) is 29.6. The Labute approximate surface area is 347 Å². The summed E-state index contributed by atoms with van der Waals surface area (Å²) in [5.41, 5.74) is 1.37. The van der Waals surface area contributed by atoms with Gasteiger partial charge in [0, 0.05) is 62.8 Å². The molecule has 0 radical (unpaired) electrons. The number of carbonyl (C=O) groups excluding carboxylic acids is 5. The van der Waals surface area contributed by atoms with Crippen molar-refractivity contribution in [2.75, 3.05) is 54.4 Å². The summed E-state index contributed by atoms with van der Waals surface area (Å²) in [6.07, 6.45) is 8.32. The summed E-state index contributed by atoms with van der Waals surface area (Å²) in [6.45, 7) is 3.88. The highest BCUT2D eigenvalue weighted by Crippen LogP contribution is 2.40. The molecule has 20 heteroatoms. The number of fused-ring (bicyclic) bond motifs is 7. The van der Waals surface area contributed by atoms with Gasteiger partial charge in [0.05, 0.1) is 54.4 Å². The Kier molecular flexibility index (Phi) is 9.06. The van der Waals surface area contributed by atoms with Gasteiger partial charge in [0.25, 0.3) is 24.1 Å². The van der Waals surface area contributed by atoms with Crippen LogP contribution in [0.25, 0.3) is 5.65 Å². The van der Waals surface area contributed by atoms with E-state index in [0.717, 1.165) is 92.6 Å². The van der Waals surface area contributed by atoms with E-state index in [0.29, 0.717) is 24.2 Å². The van der Waals surface area contributed by atoms with Crippen molar-refractivity contribution in [3.8, 4) is 0 Å². The number of rotatable bonds is 9. The average Bonchev–Trinajstić information content (AvgIpc) is 4.11. The monoisotopic (exact) mass is 838 g/mol. The van der Waals surface area contributed by atoms with E-state index in [2.05, 4.69) is 35.5 Å². The molecule has 0 spiro atoms. The van der Waals surface area contributed by atoms with Crippen molar-refractivity contribution in [1.29, 1.82) is 0 Å². The standard InChI is InChI=1S/C41H44F2N12O6/c42-36(43)35-32(45-38(57)31-15-44-52-11-9-33(46-37(31)52)51-19-28-13-27(51)21-61-28)20-53(48-35)23-3-1-22(2-4-23)16-49-17-26-6-5-25(49)18-50(26)24-7-8-29-30(14-24)40(59)55(39(29)58)54-12-10-34(56)47-41(54)60/h7-9,11,14-15,20,22-23,25-28,36H,1-6,10,12-13,16-19,21H2,(H,45,57)(H,47,56,60)/t22?,23?,25-,26-,27-,28-/m1/s1. The molecule has 4 aromatic rings. The van der Waals surface area contributed by atoms with Crippen molar-refractivity contribution in [2.45, 2.75) is 88.1 Å². The zero-order chi connectivity index (χ0) is 41.7. The number of aromatic nitrogens is 5. The molecule has 8 aliphatic rings. The molecule has 1 aliphatic carbocycles. The number of benzene rings is 1. The second-order valence-electron chi connectivity index (χ2n) is 17.3. The molecule has 4 atom stereocenters. The molecular weight excluding hydrogens is 795 g/mol. The number of hydrazine groups is 1. The van der Waals surface area contributed by atoms with Crippen LogP contribution in [0.4, 0.5) is 30.8 Å². The average molecular weight is 839 g/mol. The van der Waals surface area contributed by atoms with Crippen LogP contribution in [0.3, 0.4) is 0 Å². The van der Waals surface area contributed by atoms with Gasteiger partial charge in [0.1, 0.15) is 11.4 Å². The number of morpholine rings is 1. The summed E-state index contributed by atoms with van der Waals surface area (Å²) in [5, 5.41) is 15.3. The predicted octanol–water partition coefficient (Wildman–Crippen LogP) is 3.63. The van der Waals surface area contributed by atoms with Gasteiger partial charge in [-0.05, 0) is 75.1 Å². The number of halogens is 2. The number of nitrogens with zero attached hydrogens (tertiary/aromatic N) is 10. The number of imide groups is 2. The second kappa shape index (κ2) is 14.6. The largest absolute Gasteiger partial charge is 0.374 e. The molecule has 7 fully saturated rings. The fraction of sp³-hybridized carbons (Fsp3) is 0.512. The van der Waals surface area contributed by atoms with Crippen molar-refractivity contribution in [1.82, 2.24) is 44.6 Å². The van der Waals surface area contributed by atoms with Crippen molar-refractivity contribution >= 4 is 52.5 Å². The summed E-state index contributed by atoms with van der Waals surface area (Å²) < 4.78 is 37.5. The quantitative estimate of drug-likeness (QED) is 0.234. The summed E-state index contributed by atoms with van der Waals surface area (Å²) in [6, 6.07) is 7.02. The molecular formula is C41H44F2N12O6. The van der Waals surface area contributed by atoms with Crippen molar-refractivity contribution in [3.05, 3.63) is 65.2 Å². The lowest BCUT2D eigenvalue weighted by Crippen LogP contribution is -2.63. The smallest absolute Gasteiger partial charge is 0.343 e. The number of anilines is 3. The highest BCUT2D eigenvalue weighted by molar-refractivity contribution is 6.22. The molecule has 18 nitrogen and oxygen atoms in total. The minimum absolute atomic E-state index is 0.00391. The molecule has 3 aromatic heterocycles. The van der Waals surface area contributed by atoms with Gasteiger partial charge in [0.2, 0.25) is 5.91 Å². The maximum atomic E-state index is 14.4. The first kappa shape index (κ1) is 37.9. The van der Waals surface area contributed by atoms with E-state index in [1.807, 2.05) is 12.1 Å². The molecule has 1 saturated carbocycles. The highest BCUT2D eigenvalue weighted by atomic mass is 19.3. The molecule has 61 heavy (non-hydrogen) atoms. The number of urea groups is 1. The van der Waals surface area contributed by atoms with Crippen molar-refractivity contribution in [2.24, 2.45) is 5.92 Å². The number of hydrogen-bond acceptors (Lipinski definition) is 12.